The Morgan fingerprint density at radius 1 is 1.33 bits per heavy atom. The number of nitrogens with two attached hydrogens (primary N) is 1. The zero-order valence-corrected chi connectivity index (χ0v) is 7.62. The van der Waals surface area contributed by atoms with E-state index in [1.165, 1.54) is 12.4 Å². The van der Waals surface area contributed by atoms with Crippen LogP contribution in [0.4, 0.5) is 13.2 Å². The molecule has 15 heavy (non-hydrogen) atoms. The van der Waals surface area contributed by atoms with Crippen LogP contribution in [0.1, 0.15) is 11.4 Å². The van der Waals surface area contributed by atoms with E-state index in [9.17, 15) is 13.2 Å². The first-order valence-corrected chi connectivity index (χ1v) is 4.25. The number of imidazole rings is 1. The van der Waals surface area contributed by atoms with Gasteiger partial charge in [-0.05, 0) is 11.6 Å². The summed E-state index contributed by atoms with van der Waals surface area (Å²) < 4.78 is 38.4. The van der Waals surface area contributed by atoms with Crippen LogP contribution in [0.5, 0.6) is 0 Å². The van der Waals surface area contributed by atoms with Gasteiger partial charge in [0.15, 0.2) is 0 Å². The third-order valence-corrected chi connectivity index (χ3v) is 2.08. The molecule has 2 rings (SSSR count). The monoisotopic (exact) mass is 215 g/mol. The van der Waals surface area contributed by atoms with E-state index >= 15 is 0 Å². The second-order valence-corrected chi connectivity index (χ2v) is 3.12. The SMILES string of the molecule is NCc1ccc2cnc(C(F)(F)F)n2c1. The van der Waals surface area contributed by atoms with Gasteiger partial charge in [0, 0.05) is 12.7 Å². The molecule has 2 N–H and O–H groups in total. The first-order chi connectivity index (χ1) is 7.02. The maximum absolute atomic E-state index is 12.5. The van der Waals surface area contributed by atoms with Crippen molar-refractivity contribution in [1.82, 2.24) is 9.38 Å². The van der Waals surface area contributed by atoms with Gasteiger partial charge in [0.2, 0.25) is 5.82 Å². The van der Waals surface area contributed by atoms with Crippen molar-refractivity contribution in [1.29, 1.82) is 0 Å². The van der Waals surface area contributed by atoms with Gasteiger partial charge in [-0.15, -0.1) is 0 Å². The average Bonchev–Trinajstić information content (AvgIpc) is 2.59. The Kier molecular flexibility index (Phi) is 2.15. The minimum absolute atomic E-state index is 0.200. The molecule has 2 heterocycles. The smallest absolute Gasteiger partial charge is 0.326 e. The number of hydrogen-bond acceptors (Lipinski definition) is 2. The van der Waals surface area contributed by atoms with Crippen molar-refractivity contribution in [3.05, 3.63) is 35.9 Å². The van der Waals surface area contributed by atoms with E-state index in [2.05, 4.69) is 4.98 Å². The molecular formula is C9H8F3N3. The fourth-order valence-corrected chi connectivity index (χ4v) is 1.36. The predicted octanol–water partition coefficient (Wildman–Crippen LogP) is 1.81. The second-order valence-electron chi connectivity index (χ2n) is 3.12. The minimum Gasteiger partial charge on any atom is -0.326 e. The summed E-state index contributed by atoms with van der Waals surface area (Å²) in [5.41, 5.74) is 6.39. The van der Waals surface area contributed by atoms with Crippen molar-refractivity contribution in [2.45, 2.75) is 12.7 Å². The van der Waals surface area contributed by atoms with Crippen molar-refractivity contribution >= 4 is 5.52 Å². The summed E-state index contributed by atoms with van der Waals surface area (Å²) in [5, 5.41) is 0. The third kappa shape index (κ3) is 1.68. The predicted molar refractivity (Wildman–Crippen MR) is 48.1 cm³/mol. The Labute approximate surface area is 83.3 Å². The van der Waals surface area contributed by atoms with E-state index in [1.807, 2.05) is 0 Å². The van der Waals surface area contributed by atoms with Crippen molar-refractivity contribution in [3.63, 3.8) is 0 Å². The van der Waals surface area contributed by atoms with Gasteiger partial charge >= 0.3 is 6.18 Å². The summed E-state index contributed by atoms with van der Waals surface area (Å²) in [6, 6.07) is 3.24. The van der Waals surface area contributed by atoms with Gasteiger partial charge in [0.25, 0.3) is 0 Å². The molecular weight excluding hydrogens is 207 g/mol. The van der Waals surface area contributed by atoms with E-state index in [1.54, 1.807) is 12.1 Å². The highest BCUT2D eigenvalue weighted by Gasteiger charge is 2.35. The maximum atomic E-state index is 12.5. The van der Waals surface area contributed by atoms with Crippen LogP contribution in [0.3, 0.4) is 0 Å². The van der Waals surface area contributed by atoms with Crippen molar-refractivity contribution in [3.8, 4) is 0 Å². The van der Waals surface area contributed by atoms with E-state index in [4.69, 9.17) is 5.73 Å². The van der Waals surface area contributed by atoms with E-state index < -0.39 is 12.0 Å². The second kappa shape index (κ2) is 3.23. The lowest BCUT2D eigenvalue weighted by atomic mass is 10.3. The molecule has 0 aromatic carbocycles. The fourth-order valence-electron chi connectivity index (χ4n) is 1.36. The molecule has 0 aliphatic rings. The molecule has 0 saturated heterocycles. The standard InChI is InChI=1S/C9H8F3N3/c10-9(11,12)8-14-4-7-2-1-6(3-13)5-15(7)8/h1-2,4-5H,3,13H2. The van der Waals surface area contributed by atoms with E-state index in [0.717, 1.165) is 4.40 Å². The number of halogens is 3. The summed E-state index contributed by atoms with van der Waals surface area (Å²) in [7, 11) is 0. The molecule has 0 unspecified atom stereocenters. The number of fused-ring (bicyclic) bond motifs is 1. The molecule has 0 aliphatic heterocycles. The lowest BCUT2D eigenvalue weighted by Crippen LogP contribution is -2.11. The number of nitrogens with zero attached hydrogens (tertiary/aromatic N) is 2. The quantitative estimate of drug-likeness (QED) is 0.788. The number of rotatable bonds is 1. The number of aromatic nitrogens is 2. The molecule has 0 atom stereocenters. The molecule has 0 radical (unpaired) electrons. The molecule has 0 fully saturated rings. The highest BCUT2D eigenvalue weighted by atomic mass is 19.4. The Hall–Kier alpha value is -1.56. The first kappa shape index (κ1) is 9.97. The van der Waals surface area contributed by atoms with Gasteiger partial charge in [-0.3, -0.25) is 4.40 Å². The first-order valence-electron chi connectivity index (χ1n) is 4.25. The normalized spacial score (nSPS) is 12.3. The summed E-state index contributed by atoms with van der Waals surface area (Å²) in [6.45, 7) is 0.200. The van der Waals surface area contributed by atoms with Gasteiger partial charge in [-0.25, -0.2) is 4.98 Å². The largest absolute Gasteiger partial charge is 0.450 e. The van der Waals surface area contributed by atoms with Crippen LogP contribution in [-0.4, -0.2) is 9.38 Å². The topological polar surface area (TPSA) is 43.3 Å². The minimum atomic E-state index is -4.44. The molecule has 0 amide bonds. The van der Waals surface area contributed by atoms with Crippen LogP contribution in [0.15, 0.2) is 24.5 Å². The molecule has 0 saturated carbocycles. The van der Waals surface area contributed by atoms with Crippen LogP contribution in [-0.2, 0) is 12.7 Å². The Morgan fingerprint density at radius 3 is 2.67 bits per heavy atom. The highest BCUT2D eigenvalue weighted by molar-refractivity contribution is 5.47. The van der Waals surface area contributed by atoms with E-state index in [0.29, 0.717) is 11.1 Å². The molecule has 2 aromatic heterocycles. The van der Waals surface area contributed by atoms with Crippen molar-refractivity contribution < 1.29 is 13.2 Å². The average molecular weight is 215 g/mol. The Morgan fingerprint density at radius 2 is 2.07 bits per heavy atom. The lowest BCUT2D eigenvalue weighted by Gasteiger charge is -2.06. The molecule has 3 nitrogen and oxygen atoms in total. The summed E-state index contributed by atoms with van der Waals surface area (Å²) in [4.78, 5) is 3.34. The molecule has 2 aromatic rings. The molecule has 0 spiro atoms. The maximum Gasteiger partial charge on any atom is 0.450 e. The van der Waals surface area contributed by atoms with E-state index in [-0.39, 0.29) is 6.54 Å². The van der Waals surface area contributed by atoms with Gasteiger partial charge < -0.3 is 5.73 Å². The van der Waals surface area contributed by atoms with Gasteiger partial charge in [0.1, 0.15) is 0 Å². The Bertz CT molecular complexity index is 487. The molecule has 80 valence electrons. The molecule has 0 aliphatic carbocycles. The lowest BCUT2D eigenvalue weighted by molar-refractivity contribution is -0.145. The summed E-state index contributed by atoms with van der Waals surface area (Å²) >= 11 is 0. The van der Waals surface area contributed by atoms with Crippen LogP contribution >= 0.6 is 0 Å². The zero-order valence-electron chi connectivity index (χ0n) is 7.62. The third-order valence-electron chi connectivity index (χ3n) is 2.08. The number of hydrogen-bond donors (Lipinski definition) is 1. The van der Waals surface area contributed by atoms with Gasteiger partial charge in [-0.1, -0.05) is 6.07 Å². The Balaban J connectivity index is 2.67. The van der Waals surface area contributed by atoms with Crippen molar-refractivity contribution in [2.24, 2.45) is 5.73 Å². The number of pyridine rings is 1. The van der Waals surface area contributed by atoms with Crippen LogP contribution in [0, 0.1) is 0 Å². The molecule has 0 bridgehead atoms. The van der Waals surface area contributed by atoms with Crippen LogP contribution in [0.25, 0.3) is 5.52 Å². The molecule has 6 heteroatoms. The zero-order chi connectivity index (χ0) is 11.1. The number of alkyl halides is 3. The highest BCUT2D eigenvalue weighted by Crippen LogP contribution is 2.28. The summed E-state index contributed by atoms with van der Waals surface area (Å²) in [5.74, 6) is -0.923. The van der Waals surface area contributed by atoms with Crippen molar-refractivity contribution in [2.75, 3.05) is 0 Å². The van der Waals surface area contributed by atoms with Gasteiger partial charge in [0.05, 0.1) is 11.7 Å². The van der Waals surface area contributed by atoms with Crippen LogP contribution in [0.2, 0.25) is 0 Å². The summed E-state index contributed by atoms with van der Waals surface area (Å²) in [6.07, 6.45) is -1.91. The van der Waals surface area contributed by atoms with Gasteiger partial charge in [-0.2, -0.15) is 13.2 Å². The van der Waals surface area contributed by atoms with Crippen LogP contribution < -0.4 is 5.73 Å². The fraction of sp³-hybridized carbons (Fsp3) is 0.222.